The van der Waals surface area contributed by atoms with Crippen molar-refractivity contribution in [2.75, 3.05) is 47.4 Å². The van der Waals surface area contributed by atoms with E-state index in [9.17, 15) is 0 Å². The molecule has 0 aliphatic carbocycles. The lowest BCUT2D eigenvalue weighted by Crippen LogP contribution is -2.43. The van der Waals surface area contributed by atoms with Crippen LogP contribution in [0.4, 0.5) is 0 Å². The molecule has 2 atom stereocenters. The molecule has 1 aromatic heterocycles. The average molecular weight is 341 g/mol. The Kier molecular flexibility index (Phi) is 9.91. The summed E-state index contributed by atoms with van der Waals surface area (Å²) in [5.74, 6) is 1.31. The van der Waals surface area contributed by atoms with Gasteiger partial charge in [-0.2, -0.15) is 0 Å². The Hall–Kier alpha value is -1.11. The highest BCUT2D eigenvalue weighted by Gasteiger charge is 2.11. The van der Waals surface area contributed by atoms with Crippen molar-refractivity contribution in [2.45, 2.75) is 32.3 Å². The van der Waals surface area contributed by atoms with Crippen molar-refractivity contribution in [1.82, 2.24) is 15.5 Å². The molecule has 6 heteroatoms. The molecule has 132 valence electrons. The van der Waals surface area contributed by atoms with Crippen LogP contribution in [0.5, 0.6) is 0 Å². The van der Waals surface area contributed by atoms with E-state index in [1.165, 1.54) is 4.88 Å². The quantitative estimate of drug-likeness (QED) is 0.507. The lowest BCUT2D eigenvalue weighted by molar-refractivity contribution is 0.0548. The number of nitrogens with zero attached hydrogens (tertiary/aromatic N) is 2. The molecule has 0 aliphatic heterocycles. The first-order valence-electron chi connectivity index (χ1n) is 8.31. The minimum atomic E-state index is 0.204. The summed E-state index contributed by atoms with van der Waals surface area (Å²) in [6, 6.07) is 4.28. The van der Waals surface area contributed by atoms with Crippen molar-refractivity contribution < 1.29 is 4.74 Å². The molecular weight excluding hydrogens is 308 g/mol. The number of guanidine groups is 1. The zero-order valence-corrected chi connectivity index (χ0v) is 15.9. The predicted octanol–water partition coefficient (Wildman–Crippen LogP) is 2.37. The molecule has 0 saturated heterocycles. The van der Waals surface area contributed by atoms with Crippen LogP contribution < -0.4 is 10.6 Å². The average Bonchev–Trinajstić information content (AvgIpc) is 3.06. The number of nitrogens with one attached hydrogen (secondary N) is 2. The Bertz CT molecular complexity index is 434. The third kappa shape index (κ3) is 8.34. The van der Waals surface area contributed by atoms with Crippen LogP contribution in [0.25, 0.3) is 0 Å². The van der Waals surface area contributed by atoms with Gasteiger partial charge in [0, 0.05) is 44.1 Å². The van der Waals surface area contributed by atoms with Gasteiger partial charge in [-0.3, -0.25) is 4.99 Å². The Morgan fingerprint density at radius 2 is 2.09 bits per heavy atom. The molecule has 0 bridgehead atoms. The first-order chi connectivity index (χ1) is 11.1. The predicted molar refractivity (Wildman–Crippen MR) is 101 cm³/mol. The second kappa shape index (κ2) is 11.4. The molecule has 0 radical (unpaired) electrons. The molecule has 1 rings (SSSR count). The molecule has 5 nitrogen and oxygen atoms in total. The molecule has 0 amide bonds. The molecule has 0 fully saturated rings. The molecule has 1 heterocycles. The van der Waals surface area contributed by atoms with Gasteiger partial charge in [-0.05, 0) is 38.9 Å². The first-order valence-corrected chi connectivity index (χ1v) is 9.19. The van der Waals surface area contributed by atoms with Gasteiger partial charge in [0.25, 0.3) is 0 Å². The van der Waals surface area contributed by atoms with Crippen molar-refractivity contribution in [3.8, 4) is 0 Å². The zero-order chi connectivity index (χ0) is 17.1. The van der Waals surface area contributed by atoms with Gasteiger partial charge >= 0.3 is 0 Å². The fourth-order valence-corrected chi connectivity index (χ4v) is 3.02. The maximum atomic E-state index is 5.80. The number of hydrogen-bond acceptors (Lipinski definition) is 4. The molecule has 0 aromatic carbocycles. The minimum Gasteiger partial charge on any atom is -0.377 e. The van der Waals surface area contributed by atoms with E-state index in [-0.39, 0.29) is 6.10 Å². The summed E-state index contributed by atoms with van der Waals surface area (Å²) >= 11 is 1.80. The minimum absolute atomic E-state index is 0.204. The van der Waals surface area contributed by atoms with Crippen LogP contribution in [0.3, 0.4) is 0 Å². The Morgan fingerprint density at radius 3 is 2.65 bits per heavy atom. The van der Waals surface area contributed by atoms with Crippen LogP contribution >= 0.6 is 11.3 Å². The van der Waals surface area contributed by atoms with Gasteiger partial charge in [0.15, 0.2) is 5.96 Å². The van der Waals surface area contributed by atoms with E-state index < -0.39 is 0 Å². The van der Waals surface area contributed by atoms with Gasteiger partial charge in [0.1, 0.15) is 0 Å². The fourth-order valence-electron chi connectivity index (χ4n) is 2.24. The van der Waals surface area contributed by atoms with Crippen molar-refractivity contribution in [2.24, 2.45) is 4.99 Å². The number of hydrogen-bond donors (Lipinski definition) is 2. The standard InChI is InChI=1S/C17H32N4OS/c1-6-22-15(9-10-21(4)5)13-20-17(18-3)19-12-14(2)16-8-7-11-23-16/h7-8,11,14-15H,6,9-10,12-13H2,1-5H3,(H2,18,19,20). The van der Waals surface area contributed by atoms with Gasteiger partial charge in [-0.25, -0.2) is 0 Å². The maximum Gasteiger partial charge on any atom is 0.191 e. The highest BCUT2D eigenvalue weighted by molar-refractivity contribution is 7.10. The summed E-state index contributed by atoms with van der Waals surface area (Å²) in [4.78, 5) is 7.88. The molecule has 2 N–H and O–H groups in total. The highest BCUT2D eigenvalue weighted by atomic mass is 32.1. The van der Waals surface area contributed by atoms with Crippen LogP contribution in [0.15, 0.2) is 22.5 Å². The third-order valence-electron chi connectivity index (χ3n) is 3.63. The van der Waals surface area contributed by atoms with E-state index in [1.807, 2.05) is 6.92 Å². The van der Waals surface area contributed by atoms with E-state index >= 15 is 0 Å². The fraction of sp³-hybridized carbons (Fsp3) is 0.706. The number of ether oxygens (including phenoxy) is 1. The number of rotatable bonds is 10. The van der Waals surface area contributed by atoms with E-state index in [2.05, 4.69) is 59.1 Å². The Balaban J connectivity index is 2.36. The topological polar surface area (TPSA) is 48.9 Å². The van der Waals surface area contributed by atoms with Crippen LogP contribution in [-0.2, 0) is 4.74 Å². The SMILES string of the molecule is CCOC(CCN(C)C)CNC(=NC)NCC(C)c1cccs1. The van der Waals surface area contributed by atoms with Gasteiger partial charge in [0.05, 0.1) is 6.10 Å². The Labute approximate surface area is 145 Å². The van der Waals surface area contributed by atoms with E-state index in [1.54, 1.807) is 18.4 Å². The van der Waals surface area contributed by atoms with Crippen molar-refractivity contribution >= 4 is 17.3 Å². The maximum absolute atomic E-state index is 5.80. The lowest BCUT2D eigenvalue weighted by atomic mass is 10.1. The van der Waals surface area contributed by atoms with Crippen LogP contribution in [0, 0.1) is 0 Å². The van der Waals surface area contributed by atoms with Crippen LogP contribution in [0.1, 0.15) is 31.1 Å². The van der Waals surface area contributed by atoms with Gasteiger partial charge in [0.2, 0.25) is 0 Å². The van der Waals surface area contributed by atoms with E-state index in [0.29, 0.717) is 5.92 Å². The summed E-state index contributed by atoms with van der Waals surface area (Å²) < 4.78 is 5.80. The summed E-state index contributed by atoms with van der Waals surface area (Å²) in [6.45, 7) is 7.67. The summed E-state index contributed by atoms with van der Waals surface area (Å²) in [5.41, 5.74) is 0. The third-order valence-corrected chi connectivity index (χ3v) is 4.73. The molecule has 0 spiro atoms. The second-order valence-corrected chi connectivity index (χ2v) is 6.90. The largest absolute Gasteiger partial charge is 0.377 e. The normalized spacial score (nSPS) is 14.8. The molecule has 0 saturated carbocycles. The smallest absolute Gasteiger partial charge is 0.191 e. The Morgan fingerprint density at radius 1 is 1.35 bits per heavy atom. The summed E-state index contributed by atoms with van der Waals surface area (Å²) in [7, 11) is 5.98. The van der Waals surface area contributed by atoms with Crippen molar-refractivity contribution in [1.29, 1.82) is 0 Å². The van der Waals surface area contributed by atoms with E-state index in [0.717, 1.165) is 38.6 Å². The molecule has 2 unspecified atom stereocenters. The monoisotopic (exact) mass is 340 g/mol. The zero-order valence-electron chi connectivity index (χ0n) is 15.1. The number of thiophene rings is 1. The molecular formula is C17H32N4OS. The molecule has 1 aromatic rings. The van der Waals surface area contributed by atoms with Gasteiger partial charge in [-0.1, -0.05) is 13.0 Å². The molecule has 23 heavy (non-hydrogen) atoms. The second-order valence-electron chi connectivity index (χ2n) is 5.92. The van der Waals surface area contributed by atoms with Gasteiger partial charge < -0.3 is 20.3 Å². The lowest BCUT2D eigenvalue weighted by Gasteiger charge is -2.21. The summed E-state index contributed by atoms with van der Waals surface area (Å²) in [6.07, 6.45) is 1.21. The van der Waals surface area contributed by atoms with Crippen molar-refractivity contribution in [3.05, 3.63) is 22.4 Å². The van der Waals surface area contributed by atoms with Crippen LogP contribution in [0.2, 0.25) is 0 Å². The van der Waals surface area contributed by atoms with Crippen LogP contribution in [-0.4, -0.2) is 64.3 Å². The highest BCUT2D eigenvalue weighted by Crippen LogP contribution is 2.19. The van der Waals surface area contributed by atoms with Crippen molar-refractivity contribution in [3.63, 3.8) is 0 Å². The summed E-state index contributed by atoms with van der Waals surface area (Å²) in [5, 5.41) is 8.90. The van der Waals surface area contributed by atoms with Gasteiger partial charge in [-0.15, -0.1) is 11.3 Å². The molecule has 0 aliphatic rings. The number of aliphatic imine (C=N–C) groups is 1. The first kappa shape index (κ1) is 19.9. The van der Waals surface area contributed by atoms with E-state index in [4.69, 9.17) is 4.74 Å².